The molecular formula is C13H20N2O. The van der Waals surface area contributed by atoms with E-state index in [1.54, 1.807) is 7.11 Å². The number of ether oxygens (including phenoxy) is 1. The number of benzene rings is 1. The van der Waals surface area contributed by atoms with Gasteiger partial charge in [-0.25, -0.2) is 0 Å². The van der Waals surface area contributed by atoms with Crippen molar-refractivity contribution < 1.29 is 4.74 Å². The average Bonchev–Trinajstić information content (AvgIpc) is 3.00. The second-order valence-electron chi connectivity index (χ2n) is 4.49. The minimum absolute atomic E-state index is 0.606. The number of nitrogens with one attached hydrogen (secondary N) is 1. The van der Waals surface area contributed by atoms with Gasteiger partial charge in [-0.2, -0.15) is 0 Å². The minimum Gasteiger partial charge on any atom is -0.497 e. The van der Waals surface area contributed by atoms with Crippen molar-refractivity contribution in [3.8, 4) is 5.75 Å². The Bertz CT molecular complexity index is 365. The molecule has 0 heterocycles. The highest BCUT2D eigenvalue weighted by Crippen LogP contribution is 2.38. The van der Waals surface area contributed by atoms with E-state index >= 15 is 0 Å². The third-order valence-corrected chi connectivity index (χ3v) is 3.18. The van der Waals surface area contributed by atoms with Crippen molar-refractivity contribution in [1.29, 1.82) is 0 Å². The molecule has 2 unspecified atom stereocenters. The van der Waals surface area contributed by atoms with Gasteiger partial charge >= 0.3 is 0 Å². The van der Waals surface area contributed by atoms with Crippen molar-refractivity contribution in [2.75, 3.05) is 18.2 Å². The molecule has 0 aliphatic heterocycles. The molecule has 2 atom stereocenters. The van der Waals surface area contributed by atoms with Crippen LogP contribution in [0.1, 0.15) is 26.2 Å². The van der Waals surface area contributed by atoms with Gasteiger partial charge in [0, 0.05) is 12.1 Å². The van der Waals surface area contributed by atoms with E-state index in [9.17, 15) is 0 Å². The number of anilines is 2. The predicted octanol–water partition coefficient (Wildman–Crippen LogP) is 2.88. The summed E-state index contributed by atoms with van der Waals surface area (Å²) in [5.74, 6) is 1.68. The van der Waals surface area contributed by atoms with Crippen LogP contribution >= 0.6 is 0 Å². The molecule has 0 aromatic heterocycles. The van der Waals surface area contributed by atoms with E-state index in [0.29, 0.717) is 6.04 Å². The van der Waals surface area contributed by atoms with Crippen molar-refractivity contribution in [2.24, 2.45) is 5.92 Å². The number of rotatable bonds is 5. The highest BCUT2D eigenvalue weighted by molar-refractivity contribution is 5.69. The summed E-state index contributed by atoms with van der Waals surface area (Å²) in [6, 6.07) is 6.35. The van der Waals surface area contributed by atoms with E-state index < -0.39 is 0 Å². The molecule has 0 amide bonds. The van der Waals surface area contributed by atoms with E-state index in [2.05, 4.69) is 12.2 Å². The smallest absolute Gasteiger partial charge is 0.121 e. The number of nitrogen functional groups attached to an aromatic ring is 1. The van der Waals surface area contributed by atoms with Crippen molar-refractivity contribution in [1.82, 2.24) is 0 Å². The van der Waals surface area contributed by atoms with E-state index in [-0.39, 0.29) is 0 Å². The molecular weight excluding hydrogens is 200 g/mol. The fourth-order valence-corrected chi connectivity index (χ4v) is 2.10. The predicted molar refractivity (Wildman–Crippen MR) is 67.8 cm³/mol. The average molecular weight is 220 g/mol. The van der Waals surface area contributed by atoms with E-state index in [1.165, 1.54) is 19.3 Å². The largest absolute Gasteiger partial charge is 0.497 e. The minimum atomic E-state index is 0.606. The van der Waals surface area contributed by atoms with Gasteiger partial charge in [0.15, 0.2) is 0 Å². The van der Waals surface area contributed by atoms with Crippen LogP contribution in [0.4, 0.5) is 11.4 Å². The highest BCUT2D eigenvalue weighted by atomic mass is 16.5. The summed E-state index contributed by atoms with van der Waals surface area (Å²) in [4.78, 5) is 0. The molecule has 1 saturated carbocycles. The summed E-state index contributed by atoms with van der Waals surface area (Å²) in [6.45, 7) is 2.23. The summed E-state index contributed by atoms with van der Waals surface area (Å²) >= 11 is 0. The molecule has 3 nitrogen and oxygen atoms in total. The lowest BCUT2D eigenvalue weighted by atomic mass is 10.2. The van der Waals surface area contributed by atoms with Crippen LogP contribution in [-0.2, 0) is 0 Å². The van der Waals surface area contributed by atoms with Crippen LogP contribution in [-0.4, -0.2) is 13.2 Å². The Morgan fingerprint density at radius 3 is 3.00 bits per heavy atom. The van der Waals surface area contributed by atoms with Crippen molar-refractivity contribution in [2.45, 2.75) is 32.2 Å². The lowest BCUT2D eigenvalue weighted by Gasteiger charge is -2.10. The fourth-order valence-electron chi connectivity index (χ4n) is 2.10. The topological polar surface area (TPSA) is 47.3 Å². The first-order valence-corrected chi connectivity index (χ1v) is 5.94. The first-order valence-electron chi connectivity index (χ1n) is 5.94. The van der Waals surface area contributed by atoms with Crippen LogP contribution < -0.4 is 15.8 Å². The fraction of sp³-hybridized carbons (Fsp3) is 0.538. The monoisotopic (exact) mass is 220 g/mol. The molecule has 3 heteroatoms. The van der Waals surface area contributed by atoms with Gasteiger partial charge in [-0.1, -0.05) is 13.3 Å². The molecule has 1 aliphatic rings. The molecule has 3 N–H and O–H groups in total. The molecule has 0 saturated heterocycles. The van der Waals surface area contributed by atoms with Gasteiger partial charge in [-0.05, 0) is 30.9 Å². The van der Waals surface area contributed by atoms with Crippen LogP contribution in [0.15, 0.2) is 18.2 Å². The third kappa shape index (κ3) is 2.40. The van der Waals surface area contributed by atoms with Crippen molar-refractivity contribution in [3.05, 3.63) is 18.2 Å². The van der Waals surface area contributed by atoms with Gasteiger partial charge in [0.05, 0.1) is 18.5 Å². The zero-order valence-corrected chi connectivity index (χ0v) is 9.99. The Labute approximate surface area is 97.0 Å². The first kappa shape index (κ1) is 11.1. The molecule has 2 rings (SSSR count). The van der Waals surface area contributed by atoms with Gasteiger partial charge in [0.2, 0.25) is 0 Å². The van der Waals surface area contributed by atoms with Crippen LogP contribution in [0.5, 0.6) is 5.75 Å². The van der Waals surface area contributed by atoms with Crippen molar-refractivity contribution >= 4 is 11.4 Å². The lowest BCUT2D eigenvalue weighted by molar-refractivity contribution is 0.415. The molecule has 0 spiro atoms. The molecule has 1 aromatic carbocycles. The summed E-state index contributed by atoms with van der Waals surface area (Å²) in [5, 5.41) is 3.49. The number of hydrogen-bond acceptors (Lipinski definition) is 3. The Balaban J connectivity index is 1.99. The molecule has 88 valence electrons. The lowest BCUT2D eigenvalue weighted by Crippen LogP contribution is -2.07. The highest BCUT2D eigenvalue weighted by Gasteiger charge is 2.36. The summed E-state index contributed by atoms with van der Waals surface area (Å²) in [6.07, 6.45) is 3.84. The first-order chi connectivity index (χ1) is 7.74. The normalized spacial score (nSPS) is 22.9. The second kappa shape index (κ2) is 4.64. The SMILES string of the molecule is CCCC1CC1Nc1cc(OC)ccc1N. The Kier molecular flexibility index (Phi) is 3.22. The van der Waals surface area contributed by atoms with Gasteiger partial charge in [0.1, 0.15) is 5.75 Å². The maximum atomic E-state index is 5.92. The third-order valence-electron chi connectivity index (χ3n) is 3.18. The molecule has 1 aromatic rings. The van der Waals surface area contributed by atoms with Gasteiger partial charge < -0.3 is 15.8 Å². The maximum Gasteiger partial charge on any atom is 0.121 e. The van der Waals surface area contributed by atoms with Crippen molar-refractivity contribution in [3.63, 3.8) is 0 Å². The molecule has 1 fully saturated rings. The Morgan fingerprint density at radius 1 is 1.50 bits per heavy atom. The molecule has 1 aliphatic carbocycles. The zero-order valence-electron chi connectivity index (χ0n) is 9.99. The standard InChI is InChI=1S/C13H20N2O/c1-3-4-9-7-12(9)15-13-8-10(16-2)5-6-11(13)14/h5-6,8-9,12,15H,3-4,7,14H2,1-2H3. The summed E-state index contributed by atoms with van der Waals surface area (Å²) < 4.78 is 5.19. The quantitative estimate of drug-likeness (QED) is 0.750. The van der Waals surface area contributed by atoms with E-state index in [4.69, 9.17) is 10.5 Å². The molecule has 16 heavy (non-hydrogen) atoms. The van der Waals surface area contributed by atoms with Crippen LogP contribution in [0.2, 0.25) is 0 Å². The molecule has 0 radical (unpaired) electrons. The van der Waals surface area contributed by atoms with Gasteiger partial charge in [-0.15, -0.1) is 0 Å². The zero-order chi connectivity index (χ0) is 11.5. The Hall–Kier alpha value is -1.38. The Morgan fingerprint density at radius 2 is 2.31 bits per heavy atom. The number of hydrogen-bond donors (Lipinski definition) is 2. The second-order valence-corrected chi connectivity index (χ2v) is 4.49. The number of methoxy groups -OCH3 is 1. The summed E-state index contributed by atoms with van der Waals surface area (Å²) in [5.41, 5.74) is 7.72. The number of nitrogens with two attached hydrogens (primary N) is 1. The van der Waals surface area contributed by atoms with E-state index in [1.807, 2.05) is 18.2 Å². The van der Waals surface area contributed by atoms with E-state index in [0.717, 1.165) is 23.0 Å². The van der Waals surface area contributed by atoms with Gasteiger partial charge in [-0.3, -0.25) is 0 Å². The maximum absolute atomic E-state index is 5.92. The molecule has 0 bridgehead atoms. The van der Waals surface area contributed by atoms with Crippen LogP contribution in [0, 0.1) is 5.92 Å². The van der Waals surface area contributed by atoms with Crippen LogP contribution in [0.3, 0.4) is 0 Å². The van der Waals surface area contributed by atoms with Gasteiger partial charge in [0.25, 0.3) is 0 Å². The summed E-state index contributed by atoms with van der Waals surface area (Å²) in [7, 11) is 1.67. The van der Waals surface area contributed by atoms with Crippen LogP contribution in [0.25, 0.3) is 0 Å².